The summed E-state index contributed by atoms with van der Waals surface area (Å²) in [6.07, 6.45) is 9.12. The number of nitrogens with zero attached hydrogens (tertiary/aromatic N) is 2. The van der Waals surface area contributed by atoms with Crippen LogP contribution >= 0.6 is 0 Å². The third kappa shape index (κ3) is 3.60. The predicted octanol–water partition coefficient (Wildman–Crippen LogP) is 2.75. The molecule has 0 N–H and O–H groups in total. The third-order valence-corrected chi connectivity index (χ3v) is 3.55. The average Bonchev–Trinajstić information content (AvgIpc) is 2.53. The van der Waals surface area contributed by atoms with Crippen LogP contribution in [-0.4, -0.2) is 29.5 Å². The fourth-order valence-corrected chi connectivity index (χ4v) is 2.38. The molecule has 1 aliphatic rings. The molecule has 0 radical (unpaired) electrons. The van der Waals surface area contributed by atoms with E-state index in [1.165, 1.54) is 44.5 Å². The van der Waals surface area contributed by atoms with Crippen molar-refractivity contribution in [1.29, 1.82) is 0 Å². The number of aromatic nitrogens is 1. The van der Waals surface area contributed by atoms with Crippen LogP contribution in [0.2, 0.25) is 0 Å². The number of hydrogen-bond acceptors (Lipinski definition) is 2. The molecule has 1 saturated heterocycles. The van der Waals surface area contributed by atoms with E-state index in [-0.39, 0.29) is 0 Å². The Bertz CT molecular complexity index is 297. The monoisotopic (exact) mass is 218 g/mol. The second kappa shape index (κ2) is 6.00. The summed E-state index contributed by atoms with van der Waals surface area (Å²) >= 11 is 0. The summed E-state index contributed by atoms with van der Waals surface area (Å²) in [7, 11) is 0. The van der Waals surface area contributed by atoms with E-state index in [4.69, 9.17) is 0 Å². The van der Waals surface area contributed by atoms with Crippen molar-refractivity contribution in [3.05, 3.63) is 30.1 Å². The maximum absolute atomic E-state index is 4.16. The van der Waals surface area contributed by atoms with Crippen LogP contribution in [0.25, 0.3) is 0 Å². The van der Waals surface area contributed by atoms with Crippen LogP contribution in [0.15, 0.2) is 24.5 Å². The van der Waals surface area contributed by atoms with Gasteiger partial charge in [0.05, 0.1) is 0 Å². The number of hydrogen-bond donors (Lipinski definition) is 0. The van der Waals surface area contributed by atoms with Gasteiger partial charge in [-0.25, -0.2) is 0 Å². The van der Waals surface area contributed by atoms with E-state index in [0.29, 0.717) is 0 Å². The van der Waals surface area contributed by atoms with Gasteiger partial charge in [0.15, 0.2) is 0 Å². The van der Waals surface area contributed by atoms with Gasteiger partial charge >= 0.3 is 0 Å². The van der Waals surface area contributed by atoms with Gasteiger partial charge in [0, 0.05) is 18.9 Å². The van der Waals surface area contributed by atoms with Crippen molar-refractivity contribution < 1.29 is 0 Å². The first-order chi connectivity index (χ1) is 7.84. The van der Waals surface area contributed by atoms with E-state index in [9.17, 15) is 0 Å². The van der Waals surface area contributed by atoms with Gasteiger partial charge in [-0.3, -0.25) is 4.98 Å². The molecule has 0 aliphatic carbocycles. The van der Waals surface area contributed by atoms with Crippen LogP contribution in [-0.2, 0) is 6.42 Å². The molecule has 1 fully saturated rings. The Hall–Kier alpha value is -0.890. The molecule has 1 unspecified atom stereocenters. The smallest absolute Gasteiger partial charge is 0.0300 e. The van der Waals surface area contributed by atoms with E-state index in [1.807, 2.05) is 18.5 Å². The molecule has 0 spiro atoms. The fraction of sp³-hybridized carbons (Fsp3) is 0.643. The van der Waals surface area contributed by atoms with E-state index >= 15 is 0 Å². The lowest BCUT2D eigenvalue weighted by molar-refractivity contribution is 0.285. The van der Waals surface area contributed by atoms with Crippen molar-refractivity contribution in [2.24, 2.45) is 5.92 Å². The minimum Gasteiger partial charge on any atom is -0.303 e. The predicted molar refractivity (Wildman–Crippen MR) is 67.4 cm³/mol. The number of pyridine rings is 1. The van der Waals surface area contributed by atoms with E-state index < -0.39 is 0 Å². The molecular weight excluding hydrogens is 196 g/mol. The van der Waals surface area contributed by atoms with Gasteiger partial charge in [-0.1, -0.05) is 13.0 Å². The lowest BCUT2D eigenvalue weighted by atomic mass is 10.0. The number of rotatable bonds is 3. The van der Waals surface area contributed by atoms with Crippen LogP contribution in [0.3, 0.4) is 0 Å². The summed E-state index contributed by atoms with van der Waals surface area (Å²) in [5.74, 6) is 0.920. The Kier molecular flexibility index (Phi) is 4.34. The van der Waals surface area contributed by atoms with Gasteiger partial charge in [0.2, 0.25) is 0 Å². The van der Waals surface area contributed by atoms with Crippen molar-refractivity contribution in [3.63, 3.8) is 0 Å². The highest BCUT2D eigenvalue weighted by Gasteiger charge is 2.13. The summed E-state index contributed by atoms with van der Waals surface area (Å²) in [5, 5.41) is 0. The second-order valence-corrected chi connectivity index (χ2v) is 4.99. The summed E-state index contributed by atoms with van der Waals surface area (Å²) in [4.78, 5) is 6.77. The first kappa shape index (κ1) is 11.6. The maximum atomic E-state index is 4.16. The summed E-state index contributed by atoms with van der Waals surface area (Å²) in [6, 6.07) is 4.20. The number of likely N-dealkylation sites (tertiary alicyclic amines) is 1. The van der Waals surface area contributed by atoms with Crippen LogP contribution in [0.4, 0.5) is 0 Å². The lowest BCUT2D eigenvalue weighted by Crippen LogP contribution is -2.27. The van der Waals surface area contributed by atoms with Crippen molar-refractivity contribution in [1.82, 2.24) is 9.88 Å². The highest BCUT2D eigenvalue weighted by molar-refractivity contribution is 5.08. The molecule has 1 aromatic rings. The molecule has 0 aromatic carbocycles. The Morgan fingerprint density at radius 1 is 1.38 bits per heavy atom. The minimum atomic E-state index is 0.920. The lowest BCUT2D eigenvalue weighted by Gasteiger charge is -2.19. The Morgan fingerprint density at radius 2 is 2.31 bits per heavy atom. The molecule has 16 heavy (non-hydrogen) atoms. The fourth-order valence-electron chi connectivity index (χ4n) is 2.38. The van der Waals surface area contributed by atoms with Crippen LogP contribution < -0.4 is 0 Å². The minimum absolute atomic E-state index is 0.920. The van der Waals surface area contributed by atoms with Crippen LogP contribution in [0, 0.1) is 5.92 Å². The van der Waals surface area contributed by atoms with Crippen molar-refractivity contribution in [2.45, 2.75) is 32.6 Å². The zero-order valence-electron chi connectivity index (χ0n) is 10.2. The zero-order valence-corrected chi connectivity index (χ0v) is 10.2. The normalized spacial score (nSPS) is 22.9. The average molecular weight is 218 g/mol. The molecule has 0 bridgehead atoms. The summed E-state index contributed by atoms with van der Waals surface area (Å²) in [5.41, 5.74) is 1.36. The highest BCUT2D eigenvalue weighted by atomic mass is 15.1. The van der Waals surface area contributed by atoms with Gasteiger partial charge in [-0.15, -0.1) is 0 Å². The standard InChI is InChI=1S/C14H22N2/c1-13-4-3-9-16(10-6-13)11-7-14-5-2-8-15-12-14/h2,5,8,12-13H,3-4,6-7,9-11H2,1H3. The first-order valence-electron chi connectivity index (χ1n) is 6.46. The molecule has 2 heterocycles. The SMILES string of the molecule is CC1CCCN(CCc2cccnc2)CC1. The third-order valence-electron chi connectivity index (χ3n) is 3.55. The molecule has 1 atom stereocenters. The van der Waals surface area contributed by atoms with E-state index in [0.717, 1.165) is 12.3 Å². The van der Waals surface area contributed by atoms with Crippen LogP contribution in [0.1, 0.15) is 31.7 Å². The second-order valence-electron chi connectivity index (χ2n) is 4.99. The van der Waals surface area contributed by atoms with Gasteiger partial charge in [-0.05, 0) is 56.3 Å². The van der Waals surface area contributed by atoms with E-state index in [2.05, 4.69) is 22.9 Å². The van der Waals surface area contributed by atoms with Crippen molar-refractivity contribution in [3.8, 4) is 0 Å². The molecule has 0 saturated carbocycles. The Labute approximate surface area is 98.7 Å². The molecule has 1 aliphatic heterocycles. The Balaban J connectivity index is 1.77. The summed E-state index contributed by atoms with van der Waals surface area (Å²) < 4.78 is 0. The molecule has 0 amide bonds. The maximum Gasteiger partial charge on any atom is 0.0300 e. The largest absolute Gasteiger partial charge is 0.303 e. The first-order valence-corrected chi connectivity index (χ1v) is 6.46. The Morgan fingerprint density at radius 3 is 3.12 bits per heavy atom. The molecule has 88 valence electrons. The van der Waals surface area contributed by atoms with Crippen LogP contribution in [0.5, 0.6) is 0 Å². The topological polar surface area (TPSA) is 16.1 Å². The highest BCUT2D eigenvalue weighted by Crippen LogP contribution is 2.16. The van der Waals surface area contributed by atoms with E-state index in [1.54, 1.807) is 0 Å². The quantitative estimate of drug-likeness (QED) is 0.775. The summed E-state index contributed by atoms with van der Waals surface area (Å²) in [6.45, 7) is 6.13. The van der Waals surface area contributed by atoms with Crippen molar-refractivity contribution >= 4 is 0 Å². The molecule has 2 rings (SSSR count). The molecule has 2 nitrogen and oxygen atoms in total. The molecular formula is C14H22N2. The van der Waals surface area contributed by atoms with Gasteiger partial charge in [-0.2, -0.15) is 0 Å². The van der Waals surface area contributed by atoms with Gasteiger partial charge in [0.1, 0.15) is 0 Å². The molecule has 1 aromatic heterocycles. The van der Waals surface area contributed by atoms with Crippen molar-refractivity contribution in [2.75, 3.05) is 19.6 Å². The van der Waals surface area contributed by atoms with Gasteiger partial charge < -0.3 is 4.90 Å². The zero-order chi connectivity index (χ0) is 11.2. The molecule has 2 heteroatoms. The van der Waals surface area contributed by atoms with Gasteiger partial charge in [0.25, 0.3) is 0 Å².